The van der Waals surface area contributed by atoms with Gasteiger partial charge in [0.1, 0.15) is 5.82 Å². The smallest absolute Gasteiger partial charge is 0.155 e. The number of nitrogens with zero attached hydrogens (tertiary/aromatic N) is 2. The highest BCUT2D eigenvalue weighted by Gasteiger charge is 2.18. The summed E-state index contributed by atoms with van der Waals surface area (Å²) in [6.45, 7) is 4.33. The molecule has 0 saturated carbocycles. The molecule has 14 heavy (non-hydrogen) atoms. The third-order valence-electron chi connectivity index (χ3n) is 2.70. The Morgan fingerprint density at radius 2 is 2.43 bits per heavy atom. The normalized spacial score (nSPS) is 22.5. The summed E-state index contributed by atoms with van der Waals surface area (Å²) in [4.78, 5) is 4.52. The molecule has 78 valence electrons. The Bertz CT molecular complexity index is 275. The number of hydrogen-bond acceptors (Lipinski definition) is 3. The van der Waals surface area contributed by atoms with Crippen LogP contribution < -0.4 is 5.32 Å². The zero-order chi connectivity index (χ0) is 9.80. The van der Waals surface area contributed by atoms with E-state index in [9.17, 15) is 0 Å². The molecule has 0 amide bonds. The van der Waals surface area contributed by atoms with E-state index in [0.29, 0.717) is 5.92 Å². The lowest BCUT2D eigenvalue weighted by atomic mass is 9.99. The van der Waals surface area contributed by atoms with Gasteiger partial charge in [-0.2, -0.15) is 5.10 Å². The van der Waals surface area contributed by atoms with Crippen LogP contribution in [0.2, 0.25) is 0 Å². The molecule has 0 unspecified atom stereocenters. The van der Waals surface area contributed by atoms with Gasteiger partial charge in [0.15, 0.2) is 5.82 Å². The molecule has 0 spiro atoms. The van der Waals surface area contributed by atoms with Gasteiger partial charge in [-0.1, -0.05) is 6.92 Å². The third-order valence-corrected chi connectivity index (χ3v) is 2.70. The summed E-state index contributed by atoms with van der Waals surface area (Å²) in [5.41, 5.74) is 0. The molecule has 2 rings (SSSR count). The molecule has 0 radical (unpaired) electrons. The molecule has 0 aliphatic carbocycles. The Hall–Kier alpha value is -0.900. The van der Waals surface area contributed by atoms with Crippen molar-refractivity contribution >= 4 is 0 Å². The maximum Gasteiger partial charge on any atom is 0.155 e. The van der Waals surface area contributed by atoms with Crippen molar-refractivity contribution in [3.8, 4) is 0 Å². The van der Waals surface area contributed by atoms with E-state index < -0.39 is 0 Å². The third kappa shape index (κ3) is 2.12. The second kappa shape index (κ2) is 4.55. The van der Waals surface area contributed by atoms with Gasteiger partial charge in [0.25, 0.3) is 0 Å². The minimum absolute atomic E-state index is 0.519. The summed E-state index contributed by atoms with van der Waals surface area (Å²) in [5.74, 6) is 2.55. The lowest BCUT2D eigenvalue weighted by Crippen LogP contribution is -2.28. The van der Waals surface area contributed by atoms with Crippen molar-refractivity contribution in [1.82, 2.24) is 20.5 Å². The molecular weight excluding hydrogens is 176 g/mol. The second-order valence-electron chi connectivity index (χ2n) is 3.93. The predicted octanol–water partition coefficient (Wildman–Crippen LogP) is 1.22. The van der Waals surface area contributed by atoms with Crippen LogP contribution in [0, 0.1) is 0 Å². The zero-order valence-corrected chi connectivity index (χ0v) is 8.71. The van der Waals surface area contributed by atoms with Crippen LogP contribution in [-0.2, 0) is 6.42 Å². The highest BCUT2D eigenvalue weighted by molar-refractivity contribution is 5.00. The molecule has 1 aliphatic heterocycles. The molecule has 0 bridgehead atoms. The number of aromatic nitrogens is 3. The van der Waals surface area contributed by atoms with E-state index in [1.165, 1.54) is 12.8 Å². The van der Waals surface area contributed by atoms with E-state index in [-0.39, 0.29) is 0 Å². The van der Waals surface area contributed by atoms with Crippen molar-refractivity contribution in [3.63, 3.8) is 0 Å². The predicted molar refractivity (Wildman–Crippen MR) is 55.2 cm³/mol. The Labute approximate surface area is 84.5 Å². The average Bonchev–Trinajstić information content (AvgIpc) is 2.68. The van der Waals surface area contributed by atoms with Crippen LogP contribution in [0.1, 0.15) is 43.8 Å². The Kier molecular flexibility index (Phi) is 3.14. The van der Waals surface area contributed by atoms with Crippen molar-refractivity contribution in [2.45, 2.75) is 38.5 Å². The van der Waals surface area contributed by atoms with E-state index in [1.807, 2.05) is 0 Å². The molecule has 1 aliphatic rings. The summed E-state index contributed by atoms with van der Waals surface area (Å²) >= 11 is 0. The molecule has 1 saturated heterocycles. The summed E-state index contributed by atoms with van der Waals surface area (Å²) in [7, 11) is 0. The van der Waals surface area contributed by atoms with Crippen molar-refractivity contribution < 1.29 is 0 Å². The van der Waals surface area contributed by atoms with Crippen LogP contribution in [-0.4, -0.2) is 28.3 Å². The van der Waals surface area contributed by atoms with Crippen LogP contribution in [0.5, 0.6) is 0 Å². The summed E-state index contributed by atoms with van der Waals surface area (Å²) in [6, 6.07) is 0. The van der Waals surface area contributed by atoms with Gasteiger partial charge >= 0.3 is 0 Å². The minimum atomic E-state index is 0.519. The fourth-order valence-electron chi connectivity index (χ4n) is 1.91. The van der Waals surface area contributed by atoms with Crippen LogP contribution in [0.15, 0.2) is 0 Å². The first-order valence-electron chi connectivity index (χ1n) is 5.52. The molecule has 0 aromatic carbocycles. The molecule has 1 aromatic rings. The van der Waals surface area contributed by atoms with Crippen molar-refractivity contribution in [2.24, 2.45) is 0 Å². The standard InChI is InChI=1S/C10H18N4/c1-2-4-9-12-10(14-13-9)8-5-3-6-11-7-8/h8,11H,2-7H2,1H3,(H,12,13,14)/t8-/m1/s1. The molecule has 1 aromatic heterocycles. The Morgan fingerprint density at radius 1 is 1.50 bits per heavy atom. The van der Waals surface area contributed by atoms with Crippen molar-refractivity contribution in [1.29, 1.82) is 0 Å². The molecule has 2 N–H and O–H groups in total. The Balaban J connectivity index is 2.00. The number of aromatic amines is 1. The molecule has 1 fully saturated rings. The monoisotopic (exact) mass is 194 g/mol. The van der Waals surface area contributed by atoms with E-state index >= 15 is 0 Å². The van der Waals surface area contributed by atoms with Gasteiger partial charge in [-0.3, -0.25) is 5.10 Å². The first-order chi connectivity index (χ1) is 6.90. The Morgan fingerprint density at radius 3 is 3.14 bits per heavy atom. The van der Waals surface area contributed by atoms with Gasteiger partial charge in [0.05, 0.1) is 0 Å². The number of hydrogen-bond donors (Lipinski definition) is 2. The van der Waals surface area contributed by atoms with E-state index in [4.69, 9.17) is 0 Å². The molecule has 1 atom stereocenters. The fraction of sp³-hybridized carbons (Fsp3) is 0.800. The molecule has 4 nitrogen and oxygen atoms in total. The highest BCUT2D eigenvalue weighted by Crippen LogP contribution is 2.19. The van der Waals surface area contributed by atoms with Crippen LogP contribution >= 0.6 is 0 Å². The van der Waals surface area contributed by atoms with Gasteiger partial charge in [0.2, 0.25) is 0 Å². The molecule has 2 heterocycles. The number of aryl methyl sites for hydroxylation is 1. The SMILES string of the molecule is CCCc1nc([C@@H]2CCCNC2)n[nH]1. The highest BCUT2D eigenvalue weighted by atomic mass is 15.2. The summed E-state index contributed by atoms with van der Waals surface area (Å²) in [6.07, 6.45) is 4.59. The van der Waals surface area contributed by atoms with Gasteiger partial charge in [0, 0.05) is 18.9 Å². The van der Waals surface area contributed by atoms with Crippen molar-refractivity contribution in [2.75, 3.05) is 13.1 Å². The lowest BCUT2D eigenvalue weighted by molar-refractivity contribution is 0.447. The topological polar surface area (TPSA) is 53.6 Å². The quantitative estimate of drug-likeness (QED) is 0.760. The van der Waals surface area contributed by atoms with Gasteiger partial charge in [-0.25, -0.2) is 4.98 Å². The first kappa shape index (κ1) is 9.65. The zero-order valence-electron chi connectivity index (χ0n) is 8.71. The fourth-order valence-corrected chi connectivity index (χ4v) is 1.91. The number of piperidine rings is 1. The first-order valence-corrected chi connectivity index (χ1v) is 5.52. The van der Waals surface area contributed by atoms with Gasteiger partial charge < -0.3 is 5.32 Å². The summed E-state index contributed by atoms with van der Waals surface area (Å²) in [5, 5.41) is 10.7. The van der Waals surface area contributed by atoms with Crippen molar-refractivity contribution in [3.05, 3.63) is 11.6 Å². The van der Waals surface area contributed by atoms with Crippen LogP contribution in [0.3, 0.4) is 0 Å². The number of rotatable bonds is 3. The number of nitrogens with one attached hydrogen (secondary N) is 2. The largest absolute Gasteiger partial charge is 0.316 e. The minimum Gasteiger partial charge on any atom is -0.316 e. The van der Waals surface area contributed by atoms with Crippen LogP contribution in [0.25, 0.3) is 0 Å². The van der Waals surface area contributed by atoms with Gasteiger partial charge in [-0.05, 0) is 25.8 Å². The van der Waals surface area contributed by atoms with Gasteiger partial charge in [-0.15, -0.1) is 0 Å². The average molecular weight is 194 g/mol. The maximum atomic E-state index is 4.52. The second-order valence-corrected chi connectivity index (χ2v) is 3.93. The lowest BCUT2D eigenvalue weighted by Gasteiger charge is -2.19. The maximum absolute atomic E-state index is 4.52. The molecule has 4 heteroatoms. The number of H-pyrrole nitrogens is 1. The van der Waals surface area contributed by atoms with Crippen LogP contribution in [0.4, 0.5) is 0 Å². The summed E-state index contributed by atoms with van der Waals surface area (Å²) < 4.78 is 0. The van der Waals surface area contributed by atoms with E-state index in [0.717, 1.165) is 37.6 Å². The van der Waals surface area contributed by atoms with E-state index in [2.05, 4.69) is 27.4 Å². The molecular formula is C10H18N4. The van der Waals surface area contributed by atoms with E-state index in [1.54, 1.807) is 0 Å².